The van der Waals surface area contributed by atoms with E-state index in [0.29, 0.717) is 17.0 Å². The highest BCUT2D eigenvalue weighted by molar-refractivity contribution is 6.00. The summed E-state index contributed by atoms with van der Waals surface area (Å²) in [5.74, 6) is -0.146. The Hall–Kier alpha value is -3.08. The Labute approximate surface area is 185 Å². The van der Waals surface area contributed by atoms with Gasteiger partial charge in [0.2, 0.25) is 0 Å². The summed E-state index contributed by atoms with van der Waals surface area (Å²) in [7, 11) is 1.32. The van der Waals surface area contributed by atoms with Gasteiger partial charge < -0.3 is 14.8 Å². The van der Waals surface area contributed by atoms with Crippen LogP contribution < -0.4 is 10.1 Å². The molecule has 2 aromatic carbocycles. The molecular weight excluding hydrogens is 390 g/mol. The molecular formula is C26H33NO4. The second kappa shape index (κ2) is 9.82. The van der Waals surface area contributed by atoms with Crippen LogP contribution in [0.25, 0.3) is 0 Å². The fourth-order valence-corrected chi connectivity index (χ4v) is 3.80. The summed E-state index contributed by atoms with van der Waals surface area (Å²) in [5, 5.41) is 2.71. The summed E-state index contributed by atoms with van der Waals surface area (Å²) < 4.78 is 10.3. The topological polar surface area (TPSA) is 64.6 Å². The number of carbonyl (C=O) groups is 2. The molecule has 2 aromatic rings. The maximum Gasteiger partial charge on any atom is 0.338 e. The molecule has 0 aliphatic carbocycles. The number of carbonyl (C=O) groups excluding carboxylic acids is 2. The van der Waals surface area contributed by atoms with Crippen LogP contribution in [0, 0.1) is 12.3 Å². The van der Waals surface area contributed by atoms with Crippen LogP contribution in [0.3, 0.4) is 0 Å². The Morgan fingerprint density at radius 1 is 1.00 bits per heavy atom. The van der Waals surface area contributed by atoms with Gasteiger partial charge in [0.15, 0.2) is 0 Å². The van der Waals surface area contributed by atoms with Crippen molar-refractivity contribution in [1.82, 2.24) is 0 Å². The van der Waals surface area contributed by atoms with Crippen molar-refractivity contribution in [3.63, 3.8) is 0 Å². The number of benzene rings is 2. The van der Waals surface area contributed by atoms with Gasteiger partial charge in [-0.3, -0.25) is 4.79 Å². The van der Waals surface area contributed by atoms with Crippen LogP contribution in [0.2, 0.25) is 0 Å². The lowest BCUT2D eigenvalue weighted by Crippen LogP contribution is -2.24. The van der Waals surface area contributed by atoms with Crippen LogP contribution in [0.4, 0.5) is 5.69 Å². The zero-order valence-electron chi connectivity index (χ0n) is 19.5. The van der Waals surface area contributed by atoms with E-state index in [2.05, 4.69) is 52.1 Å². The molecule has 0 unspecified atom stereocenters. The fourth-order valence-electron chi connectivity index (χ4n) is 3.80. The van der Waals surface area contributed by atoms with Crippen LogP contribution in [0.1, 0.15) is 62.5 Å². The second-order valence-electron chi connectivity index (χ2n) is 9.58. The summed E-state index contributed by atoms with van der Waals surface area (Å²) in [5.41, 5.74) is 3.24. The number of nitrogens with one attached hydrogen (secondary N) is 1. The third-order valence-corrected chi connectivity index (χ3v) is 4.94. The molecule has 0 atom stereocenters. The Kier molecular flexibility index (Phi) is 7.66. The molecule has 0 saturated carbocycles. The zero-order valence-corrected chi connectivity index (χ0v) is 19.5. The lowest BCUT2D eigenvalue weighted by Gasteiger charge is -2.33. The molecule has 0 radical (unpaired) electrons. The Morgan fingerprint density at radius 3 is 2.23 bits per heavy atom. The molecule has 0 aliphatic rings. The summed E-state index contributed by atoms with van der Waals surface area (Å²) in [4.78, 5) is 23.9. The van der Waals surface area contributed by atoms with Crippen LogP contribution in [0.15, 0.2) is 54.8 Å². The third-order valence-electron chi connectivity index (χ3n) is 4.94. The van der Waals surface area contributed by atoms with Crippen molar-refractivity contribution < 1.29 is 19.1 Å². The standard InChI is InChI=1S/C26H33NO4/c1-18-8-11-20(16-22(18)24(29)30-7)27-23(28)14-15-31-21-12-9-19(10-13-21)26(5,6)17-25(2,3)4/h8-16H,17H2,1-7H3,(H,27,28)/b15-14+. The van der Waals surface area contributed by atoms with E-state index in [0.717, 1.165) is 12.0 Å². The smallest absolute Gasteiger partial charge is 0.338 e. The molecule has 0 spiro atoms. The average Bonchev–Trinajstić information content (AvgIpc) is 2.67. The van der Waals surface area contributed by atoms with Crippen LogP contribution >= 0.6 is 0 Å². The molecule has 0 saturated heterocycles. The zero-order chi connectivity index (χ0) is 23.2. The molecule has 0 fully saturated rings. The number of methoxy groups -OCH3 is 1. The number of anilines is 1. The Morgan fingerprint density at radius 2 is 1.65 bits per heavy atom. The summed E-state index contributed by atoms with van der Waals surface area (Å²) in [6.45, 7) is 13.0. The van der Waals surface area contributed by atoms with Crippen molar-refractivity contribution in [3.8, 4) is 5.75 Å². The molecule has 5 nitrogen and oxygen atoms in total. The molecule has 0 aromatic heterocycles. The van der Waals surface area contributed by atoms with Gasteiger partial charge in [0.25, 0.3) is 5.91 Å². The van der Waals surface area contributed by atoms with Crippen molar-refractivity contribution in [2.75, 3.05) is 12.4 Å². The van der Waals surface area contributed by atoms with Crippen molar-refractivity contribution in [1.29, 1.82) is 0 Å². The quantitative estimate of drug-likeness (QED) is 0.336. The first-order valence-corrected chi connectivity index (χ1v) is 10.3. The van der Waals surface area contributed by atoms with E-state index in [1.54, 1.807) is 25.1 Å². The first-order chi connectivity index (χ1) is 14.4. The minimum atomic E-state index is -0.443. The molecule has 0 aliphatic heterocycles. The van der Waals surface area contributed by atoms with E-state index in [1.807, 2.05) is 12.1 Å². The summed E-state index contributed by atoms with van der Waals surface area (Å²) >= 11 is 0. The van der Waals surface area contributed by atoms with Crippen LogP contribution in [-0.2, 0) is 14.9 Å². The largest absolute Gasteiger partial charge is 0.465 e. The van der Waals surface area contributed by atoms with E-state index in [1.165, 1.54) is 25.0 Å². The highest BCUT2D eigenvalue weighted by atomic mass is 16.5. The van der Waals surface area contributed by atoms with E-state index in [-0.39, 0.29) is 16.7 Å². The summed E-state index contributed by atoms with van der Waals surface area (Å²) in [6, 6.07) is 13.0. The van der Waals surface area contributed by atoms with Crippen molar-refractivity contribution in [3.05, 3.63) is 71.5 Å². The van der Waals surface area contributed by atoms with Gasteiger partial charge in [-0.25, -0.2) is 4.79 Å². The SMILES string of the molecule is COC(=O)c1cc(NC(=O)/C=C/Oc2ccc(C(C)(C)CC(C)(C)C)cc2)ccc1C. The van der Waals surface area contributed by atoms with Gasteiger partial charge in [-0.2, -0.15) is 0 Å². The number of aryl methyl sites for hydroxylation is 1. The van der Waals surface area contributed by atoms with Crippen molar-refractivity contribution in [2.24, 2.45) is 5.41 Å². The van der Waals surface area contributed by atoms with E-state index in [4.69, 9.17) is 9.47 Å². The van der Waals surface area contributed by atoms with Gasteiger partial charge in [0.1, 0.15) is 5.75 Å². The average molecular weight is 424 g/mol. The Bertz CT molecular complexity index is 950. The van der Waals surface area contributed by atoms with Gasteiger partial charge in [0, 0.05) is 11.8 Å². The number of amides is 1. The predicted octanol–water partition coefficient (Wildman–Crippen LogP) is 6.03. The number of hydrogen-bond acceptors (Lipinski definition) is 4. The number of hydrogen-bond donors (Lipinski definition) is 1. The molecule has 0 bridgehead atoms. The normalized spacial score (nSPS) is 12.0. The minimum absolute atomic E-state index is 0.0591. The molecule has 1 amide bonds. The lowest BCUT2D eigenvalue weighted by atomic mass is 9.72. The highest BCUT2D eigenvalue weighted by Gasteiger charge is 2.27. The first kappa shape index (κ1) is 24.2. The number of rotatable bonds is 7. The van der Waals surface area contributed by atoms with Gasteiger partial charge >= 0.3 is 5.97 Å². The lowest BCUT2D eigenvalue weighted by molar-refractivity contribution is -0.112. The second-order valence-corrected chi connectivity index (χ2v) is 9.58. The monoisotopic (exact) mass is 423 g/mol. The summed E-state index contributed by atoms with van der Waals surface area (Å²) in [6.07, 6.45) is 3.71. The van der Waals surface area contributed by atoms with Gasteiger partial charge in [-0.15, -0.1) is 0 Å². The highest BCUT2D eigenvalue weighted by Crippen LogP contribution is 2.36. The predicted molar refractivity (Wildman–Crippen MR) is 124 cm³/mol. The number of esters is 1. The van der Waals surface area contributed by atoms with Crippen molar-refractivity contribution in [2.45, 2.75) is 53.4 Å². The third kappa shape index (κ3) is 7.28. The fraction of sp³-hybridized carbons (Fsp3) is 0.385. The van der Waals surface area contributed by atoms with Gasteiger partial charge in [0.05, 0.1) is 18.9 Å². The Balaban J connectivity index is 1.97. The van der Waals surface area contributed by atoms with Crippen LogP contribution in [-0.4, -0.2) is 19.0 Å². The van der Waals surface area contributed by atoms with Gasteiger partial charge in [-0.05, 0) is 59.6 Å². The number of ether oxygens (including phenoxy) is 2. The maximum atomic E-state index is 12.2. The van der Waals surface area contributed by atoms with E-state index < -0.39 is 5.97 Å². The van der Waals surface area contributed by atoms with E-state index in [9.17, 15) is 9.59 Å². The van der Waals surface area contributed by atoms with Crippen LogP contribution in [0.5, 0.6) is 5.75 Å². The molecule has 31 heavy (non-hydrogen) atoms. The molecule has 5 heteroatoms. The van der Waals surface area contributed by atoms with Crippen molar-refractivity contribution >= 4 is 17.6 Å². The molecule has 166 valence electrons. The molecule has 1 N–H and O–H groups in total. The van der Waals surface area contributed by atoms with E-state index >= 15 is 0 Å². The molecule has 0 heterocycles. The molecule has 2 rings (SSSR count). The first-order valence-electron chi connectivity index (χ1n) is 10.3. The minimum Gasteiger partial charge on any atom is -0.465 e. The maximum absolute atomic E-state index is 12.2. The van der Waals surface area contributed by atoms with Gasteiger partial charge in [-0.1, -0.05) is 52.8 Å².